The topological polar surface area (TPSA) is 51.5 Å². The number of nitrogens with one attached hydrogen (secondary N) is 1. The largest absolute Gasteiger partial charge is 0.381 e. The molecule has 0 spiro atoms. The number of aromatic nitrogens is 2. The highest BCUT2D eigenvalue weighted by Gasteiger charge is 2.37. The van der Waals surface area contributed by atoms with Gasteiger partial charge in [0.15, 0.2) is 0 Å². The number of ether oxygens (including phenoxy) is 2. The van der Waals surface area contributed by atoms with Gasteiger partial charge in [0.05, 0.1) is 37.8 Å². The van der Waals surface area contributed by atoms with Gasteiger partial charge in [-0.25, -0.2) is 0 Å². The van der Waals surface area contributed by atoms with Gasteiger partial charge in [0, 0.05) is 31.8 Å². The standard InChI is InChI=1S/C22H40N4O2/c1-5-22(17-27-6-2)9-7-18(8-10-22)21-19(15-25(4)12-11-23-3)24-26-13-14-28-16-20(21)26/h18,23H,5-17H2,1-4H3/t18-,22+. The smallest absolute Gasteiger partial charge is 0.0888 e. The average molecular weight is 393 g/mol. The molecule has 0 saturated heterocycles. The third kappa shape index (κ3) is 4.96. The van der Waals surface area contributed by atoms with E-state index in [1.807, 2.05) is 7.05 Å². The minimum atomic E-state index is 0.375. The summed E-state index contributed by atoms with van der Waals surface area (Å²) in [5.41, 5.74) is 4.48. The molecule has 6 nitrogen and oxygen atoms in total. The van der Waals surface area contributed by atoms with Crippen LogP contribution in [0.4, 0.5) is 0 Å². The van der Waals surface area contributed by atoms with Gasteiger partial charge < -0.3 is 14.8 Å². The van der Waals surface area contributed by atoms with E-state index in [4.69, 9.17) is 14.6 Å². The van der Waals surface area contributed by atoms with Gasteiger partial charge in [0.25, 0.3) is 0 Å². The highest BCUT2D eigenvalue weighted by atomic mass is 16.5. The number of fused-ring (bicyclic) bond motifs is 1. The lowest BCUT2D eigenvalue weighted by molar-refractivity contribution is 0.0189. The molecule has 0 radical (unpaired) electrons. The van der Waals surface area contributed by atoms with Crippen molar-refractivity contribution < 1.29 is 9.47 Å². The van der Waals surface area contributed by atoms with E-state index in [2.05, 4.69) is 35.8 Å². The summed E-state index contributed by atoms with van der Waals surface area (Å²) in [4.78, 5) is 2.38. The Labute approximate surface area is 170 Å². The minimum Gasteiger partial charge on any atom is -0.381 e. The molecule has 1 saturated carbocycles. The van der Waals surface area contributed by atoms with E-state index in [9.17, 15) is 0 Å². The van der Waals surface area contributed by atoms with Crippen molar-refractivity contribution in [3.8, 4) is 0 Å². The van der Waals surface area contributed by atoms with Crippen LogP contribution in [0.1, 0.15) is 68.8 Å². The lowest BCUT2D eigenvalue weighted by Crippen LogP contribution is -2.32. The molecule has 0 bridgehead atoms. The molecule has 3 rings (SSSR count). The lowest BCUT2D eigenvalue weighted by atomic mass is 9.67. The normalized spacial score (nSPS) is 25.2. The number of hydrogen-bond acceptors (Lipinski definition) is 5. The van der Waals surface area contributed by atoms with Crippen molar-refractivity contribution in [3.63, 3.8) is 0 Å². The number of likely N-dealkylation sites (N-methyl/N-ethyl adjacent to an activating group) is 2. The molecule has 0 aromatic carbocycles. The third-order valence-electron chi connectivity index (χ3n) is 6.84. The van der Waals surface area contributed by atoms with Crippen molar-refractivity contribution in [3.05, 3.63) is 17.0 Å². The predicted molar refractivity (Wildman–Crippen MR) is 113 cm³/mol. The molecule has 2 heterocycles. The minimum absolute atomic E-state index is 0.375. The predicted octanol–water partition coefficient (Wildman–Crippen LogP) is 3.16. The molecular formula is C22H40N4O2. The Balaban J connectivity index is 1.76. The molecule has 6 heteroatoms. The highest BCUT2D eigenvalue weighted by molar-refractivity contribution is 5.31. The quantitative estimate of drug-likeness (QED) is 0.663. The lowest BCUT2D eigenvalue weighted by Gasteiger charge is -2.40. The average Bonchev–Trinajstić information content (AvgIpc) is 3.08. The molecule has 1 aromatic rings. The zero-order chi connectivity index (χ0) is 20.0. The first kappa shape index (κ1) is 21.8. The van der Waals surface area contributed by atoms with Crippen LogP contribution < -0.4 is 5.32 Å². The van der Waals surface area contributed by atoms with Gasteiger partial charge in [-0.15, -0.1) is 0 Å². The Kier molecular flexibility index (Phi) is 7.92. The van der Waals surface area contributed by atoms with E-state index in [-0.39, 0.29) is 0 Å². The van der Waals surface area contributed by atoms with Crippen molar-refractivity contribution in [2.45, 2.75) is 71.6 Å². The molecule has 2 aliphatic rings. The maximum atomic E-state index is 5.85. The Morgan fingerprint density at radius 2 is 2.11 bits per heavy atom. The molecule has 1 aliphatic heterocycles. The van der Waals surface area contributed by atoms with Crippen LogP contribution in [0.15, 0.2) is 0 Å². The summed E-state index contributed by atoms with van der Waals surface area (Å²) in [5.74, 6) is 0.611. The second kappa shape index (κ2) is 10.2. The van der Waals surface area contributed by atoms with Crippen molar-refractivity contribution in [1.29, 1.82) is 0 Å². The first-order valence-electron chi connectivity index (χ1n) is 11.2. The van der Waals surface area contributed by atoms with Crippen LogP contribution in [0.2, 0.25) is 0 Å². The van der Waals surface area contributed by atoms with Gasteiger partial charge >= 0.3 is 0 Å². The summed E-state index contributed by atoms with van der Waals surface area (Å²) in [6.07, 6.45) is 6.22. The van der Waals surface area contributed by atoms with E-state index in [0.717, 1.165) is 52.6 Å². The van der Waals surface area contributed by atoms with Crippen molar-refractivity contribution in [2.24, 2.45) is 5.41 Å². The Bertz CT molecular complexity index is 608. The monoisotopic (exact) mass is 392 g/mol. The van der Waals surface area contributed by atoms with Crippen LogP contribution in [0, 0.1) is 5.41 Å². The van der Waals surface area contributed by atoms with Crippen LogP contribution in [0.3, 0.4) is 0 Å². The molecule has 1 aromatic heterocycles. The summed E-state index contributed by atoms with van der Waals surface area (Å²) >= 11 is 0. The molecule has 0 atom stereocenters. The van der Waals surface area contributed by atoms with Gasteiger partial charge in [-0.2, -0.15) is 5.10 Å². The highest BCUT2D eigenvalue weighted by Crippen LogP contribution is 2.47. The molecule has 1 fully saturated rings. The number of rotatable bonds is 10. The van der Waals surface area contributed by atoms with E-state index in [1.54, 1.807) is 0 Å². The molecular weight excluding hydrogens is 352 g/mol. The molecule has 0 amide bonds. The summed E-state index contributed by atoms with van der Waals surface area (Å²) in [6, 6.07) is 0. The van der Waals surface area contributed by atoms with Gasteiger partial charge in [-0.05, 0) is 64.5 Å². The van der Waals surface area contributed by atoms with E-state index in [1.165, 1.54) is 49.1 Å². The summed E-state index contributed by atoms with van der Waals surface area (Å²) in [6.45, 7) is 11.5. The maximum absolute atomic E-state index is 5.85. The van der Waals surface area contributed by atoms with Crippen molar-refractivity contribution >= 4 is 0 Å². The second-order valence-corrected chi connectivity index (χ2v) is 8.69. The zero-order valence-corrected chi connectivity index (χ0v) is 18.4. The van der Waals surface area contributed by atoms with Crippen molar-refractivity contribution in [1.82, 2.24) is 20.0 Å². The van der Waals surface area contributed by atoms with E-state index >= 15 is 0 Å². The molecule has 1 N–H and O–H groups in total. The number of nitrogens with zero attached hydrogens (tertiary/aromatic N) is 3. The van der Waals surface area contributed by atoms with Crippen LogP contribution in [0.25, 0.3) is 0 Å². The summed E-state index contributed by atoms with van der Waals surface area (Å²) in [7, 11) is 4.21. The van der Waals surface area contributed by atoms with Gasteiger partial charge in [0.1, 0.15) is 0 Å². The first-order valence-corrected chi connectivity index (χ1v) is 11.2. The van der Waals surface area contributed by atoms with Crippen LogP contribution in [-0.2, 0) is 29.2 Å². The Morgan fingerprint density at radius 3 is 2.79 bits per heavy atom. The van der Waals surface area contributed by atoms with Crippen LogP contribution in [0.5, 0.6) is 0 Å². The Hall–Kier alpha value is -0.950. The first-order chi connectivity index (χ1) is 13.6. The third-order valence-corrected chi connectivity index (χ3v) is 6.84. The van der Waals surface area contributed by atoms with E-state index in [0.29, 0.717) is 11.3 Å². The van der Waals surface area contributed by atoms with Gasteiger partial charge in [-0.1, -0.05) is 6.92 Å². The molecule has 1 aliphatic carbocycles. The summed E-state index contributed by atoms with van der Waals surface area (Å²) in [5, 5.41) is 8.27. The van der Waals surface area contributed by atoms with Gasteiger partial charge in [-0.3, -0.25) is 9.58 Å². The summed E-state index contributed by atoms with van der Waals surface area (Å²) < 4.78 is 13.9. The number of hydrogen-bond donors (Lipinski definition) is 1. The fourth-order valence-electron chi connectivity index (χ4n) is 4.89. The zero-order valence-electron chi connectivity index (χ0n) is 18.4. The van der Waals surface area contributed by atoms with Crippen LogP contribution in [-0.4, -0.2) is 61.7 Å². The molecule has 0 unspecified atom stereocenters. The van der Waals surface area contributed by atoms with Crippen LogP contribution >= 0.6 is 0 Å². The van der Waals surface area contributed by atoms with E-state index < -0.39 is 0 Å². The SMILES string of the molecule is CCOC[C@]1(CC)CC[C@H](c2c(CN(C)CCNC)nn3c2COCC3)CC1. The fraction of sp³-hybridized carbons (Fsp3) is 0.864. The molecule has 160 valence electrons. The van der Waals surface area contributed by atoms with Gasteiger partial charge in [0.2, 0.25) is 0 Å². The second-order valence-electron chi connectivity index (χ2n) is 8.69. The van der Waals surface area contributed by atoms with Crippen molar-refractivity contribution in [2.75, 3.05) is 47.0 Å². The maximum Gasteiger partial charge on any atom is 0.0888 e. The fourth-order valence-corrected chi connectivity index (χ4v) is 4.89. The Morgan fingerprint density at radius 1 is 1.32 bits per heavy atom. The molecule has 28 heavy (non-hydrogen) atoms.